The van der Waals surface area contributed by atoms with Crippen LogP contribution in [0.1, 0.15) is 25.9 Å². The maximum Gasteiger partial charge on any atom is 0.337 e. The lowest BCUT2D eigenvalue weighted by atomic mass is 10.3. The topological polar surface area (TPSA) is 63.1 Å². The molecule has 0 atom stereocenters. The Morgan fingerprint density at radius 3 is 2.72 bits per heavy atom. The summed E-state index contributed by atoms with van der Waals surface area (Å²) in [5.74, 6) is -0.191. The highest BCUT2D eigenvalue weighted by Gasteiger charge is 2.06. The predicted molar refractivity (Wildman–Crippen MR) is 72.3 cm³/mol. The SMILES string of the molecule is Cc1nc(CSc2ccc(C(=O)O)cn2)sc1C. The van der Waals surface area contributed by atoms with E-state index in [4.69, 9.17) is 5.11 Å². The summed E-state index contributed by atoms with van der Waals surface area (Å²) in [4.78, 5) is 20.5. The highest BCUT2D eigenvalue weighted by Crippen LogP contribution is 2.25. The summed E-state index contributed by atoms with van der Waals surface area (Å²) >= 11 is 3.25. The molecule has 0 aliphatic carbocycles. The number of carboxylic acid groups (broad SMARTS) is 1. The standard InChI is InChI=1S/C12H12N2O2S2/c1-7-8(2)18-11(14-7)6-17-10-4-3-9(5-13-10)12(15)16/h3-5H,6H2,1-2H3,(H,15,16). The van der Waals surface area contributed by atoms with Gasteiger partial charge in [-0.15, -0.1) is 11.3 Å². The normalized spacial score (nSPS) is 10.6. The van der Waals surface area contributed by atoms with Crippen LogP contribution in [-0.2, 0) is 5.75 Å². The largest absolute Gasteiger partial charge is 0.478 e. The average Bonchev–Trinajstić information content (AvgIpc) is 2.67. The number of thioether (sulfide) groups is 1. The minimum Gasteiger partial charge on any atom is -0.478 e. The fourth-order valence-electron chi connectivity index (χ4n) is 1.33. The number of pyridine rings is 1. The molecule has 2 aromatic rings. The molecule has 0 bridgehead atoms. The molecule has 1 N–H and O–H groups in total. The molecule has 0 radical (unpaired) electrons. The number of hydrogen-bond acceptors (Lipinski definition) is 5. The second-order valence-corrected chi connectivity index (χ2v) is 6.01. The number of aromatic nitrogens is 2. The first-order valence-corrected chi connectivity index (χ1v) is 7.11. The van der Waals surface area contributed by atoms with Gasteiger partial charge in [0.05, 0.1) is 22.0 Å². The van der Waals surface area contributed by atoms with Gasteiger partial charge in [-0.3, -0.25) is 0 Å². The fraction of sp³-hybridized carbons (Fsp3) is 0.250. The molecule has 94 valence electrons. The van der Waals surface area contributed by atoms with Crippen molar-refractivity contribution in [2.45, 2.75) is 24.6 Å². The van der Waals surface area contributed by atoms with Gasteiger partial charge in [0, 0.05) is 11.1 Å². The first-order valence-electron chi connectivity index (χ1n) is 5.31. The van der Waals surface area contributed by atoms with Gasteiger partial charge >= 0.3 is 5.97 Å². The molecule has 0 aromatic carbocycles. The number of hydrogen-bond donors (Lipinski definition) is 1. The number of aryl methyl sites for hydroxylation is 2. The molecule has 6 heteroatoms. The fourth-order valence-corrected chi connectivity index (χ4v) is 3.10. The lowest BCUT2D eigenvalue weighted by Crippen LogP contribution is -1.96. The van der Waals surface area contributed by atoms with Gasteiger partial charge in [0.25, 0.3) is 0 Å². The molecule has 0 aliphatic rings. The number of aromatic carboxylic acids is 1. The van der Waals surface area contributed by atoms with Crippen molar-refractivity contribution in [3.05, 3.63) is 39.5 Å². The van der Waals surface area contributed by atoms with Gasteiger partial charge in [0.1, 0.15) is 5.01 Å². The minimum absolute atomic E-state index is 0.209. The molecular weight excluding hydrogens is 268 g/mol. The van der Waals surface area contributed by atoms with Crippen molar-refractivity contribution in [1.29, 1.82) is 0 Å². The summed E-state index contributed by atoms with van der Waals surface area (Å²) in [6.45, 7) is 4.06. The molecule has 0 fully saturated rings. The molecule has 18 heavy (non-hydrogen) atoms. The van der Waals surface area contributed by atoms with Crippen LogP contribution in [0.4, 0.5) is 0 Å². The summed E-state index contributed by atoms with van der Waals surface area (Å²) in [6, 6.07) is 3.29. The first kappa shape index (κ1) is 13.0. The molecule has 0 saturated heterocycles. The van der Waals surface area contributed by atoms with E-state index in [1.807, 2.05) is 6.92 Å². The van der Waals surface area contributed by atoms with E-state index in [0.717, 1.165) is 21.5 Å². The van der Waals surface area contributed by atoms with E-state index < -0.39 is 5.97 Å². The van der Waals surface area contributed by atoms with E-state index in [9.17, 15) is 4.79 Å². The highest BCUT2D eigenvalue weighted by atomic mass is 32.2. The first-order chi connectivity index (χ1) is 8.56. The Morgan fingerprint density at radius 2 is 2.22 bits per heavy atom. The summed E-state index contributed by atoms with van der Waals surface area (Å²) in [6.07, 6.45) is 1.38. The van der Waals surface area contributed by atoms with E-state index in [1.54, 1.807) is 35.2 Å². The van der Waals surface area contributed by atoms with Gasteiger partial charge in [0.2, 0.25) is 0 Å². The van der Waals surface area contributed by atoms with Crippen LogP contribution in [0.3, 0.4) is 0 Å². The lowest BCUT2D eigenvalue weighted by molar-refractivity contribution is 0.0696. The predicted octanol–water partition coefficient (Wildman–Crippen LogP) is 3.15. The number of rotatable bonds is 4. The van der Waals surface area contributed by atoms with E-state index in [-0.39, 0.29) is 5.56 Å². The smallest absolute Gasteiger partial charge is 0.337 e. The van der Waals surface area contributed by atoms with Gasteiger partial charge in [-0.2, -0.15) is 0 Å². The minimum atomic E-state index is -0.953. The Morgan fingerprint density at radius 1 is 1.44 bits per heavy atom. The highest BCUT2D eigenvalue weighted by molar-refractivity contribution is 7.98. The summed E-state index contributed by atoms with van der Waals surface area (Å²) < 4.78 is 0. The monoisotopic (exact) mass is 280 g/mol. The third-order valence-corrected chi connectivity index (χ3v) is 4.61. The molecule has 0 aliphatic heterocycles. The molecule has 4 nitrogen and oxygen atoms in total. The molecule has 0 spiro atoms. The number of nitrogens with zero attached hydrogens (tertiary/aromatic N) is 2. The Bertz CT molecular complexity index is 544. The molecule has 0 amide bonds. The Labute approximate surface area is 113 Å². The van der Waals surface area contributed by atoms with Crippen LogP contribution in [-0.4, -0.2) is 21.0 Å². The van der Waals surface area contributed by atoms with E-state index in [2.05, 4.69) is 16.9 Å². The van der Waals surface area contributed by atoms with Crippen LogP contribution in [0, 0.1) is 13.8 Å². The second-order valence-electron chi connectivity index (χ2n) is 3.73. The van der Waals surface area contributed by atoms with Gasteiger partial charge in [-0.1, -0.05) is 11.8 Å². The summed E-state index contributed by atoms with van der Waals surface area (Å²) in [7, 11) is 0. The van der Waals surface area contributed by atoms with Gasteiger partial charge in [-0.05, 0) is 26.0 Å². The summed E-state index contributed by atoms with van der Waals surface area (Å²) in [5, 5.41) is 10.6. The van der Waals surface area contributed by atoms with Crippen molar-refractivity contribution < 1.29 is 9.90 Å². The van der Waals surface area contributed by atoms with Crippen molar-refractivity contribution in [1.82, 2.24) is 9.97 Å². The molecule has 2 aromatic heterocycles. The molecular formula is C12H12N2O2S2. The average molecular weight is 280 g/mol. The van der Waals surface area contributed by atoms with Gasteiger partial charge in [0.15, 0.2) is 0 Å². The van der Waals surface area contributed by atoms with Gasteiger partial charge < -0.3 is 5.11 Å². The maximum absolute atomic E-state index is 10.7. The zero-order chi connectivity index (χ0) is 13.1. The Balaban J connectivity index is 2.00. The molecule has 2 heterocycles. The van der Waals surface area contributed by atoms with Crippen LogP contribution in [0.15, 0.2) is 23.4 Å². The maximum atomic E-state index is 10.7. The Hall–Kier alpha value is -1.40. The number of carbonyl (C=O) groups is 1. The van der Waals surface area contributed by atoms with Crippen molar-refractivity contribution >= 4 is 29.1 Å². The third kappa shape index (κ3) is 3.08. The van der Waals surface area contributed by atoms with Crippen LogP contribution in [0.5, 0.6) is 0 Å². The van der Waals surface area contributed by atoms with Crippen molar-refractivity contribution in [3.63, 3.8) is 0 Å². The Kier molecular flexibility index (Phi) is 3.98. The van der Waals surface area contributed by atoms with Crippen LogP contribution in [0.2, 0.25) is 0 Å². The lowest BCUT2D eigenvalue weighted by Gasteiger charge is -1.99. The van der Waals surface area contributed by atoms with Crippen LogP contribution >= 0.6 is 23.1 Å². The van der Waals surface area contributed by atoms with Crippen LogP contribution in [0.25, 0.3) is 0 Å². The van der Waals surface area contributed by atoms with E-state index in [0.29, 0.717) is 0 Å². The zero-order valence-corrected chi connectivity index (χ0v) is 11.6. The number of thiazole rings is 1. The van der Waals surface area contributed by atoms with E-state index in [1.165, 1.54) is 11.1 Å². The zero-order valence-electron chi connectivity index (χ0n) is 10.0. The third-order valence-electron chi connectivity index (χ3n) is 2.40. The van der Waals surface area contributed by atoms with Crippen LogP contribution < -0.4 is 0 Å². The molecule has 0 saturated carbocycles. The van der Waals surface area contributed by atoms with Gasteiger partial charge in [-0.25, -0.2) is 14.8 Å². The van der Waals surface area contributed by atoms with Crippen molar-refractivity contribution in [2.24, 2.45) is 0 Å². The van der Waals surface area contributed by atoms with Crippen molar-refractivity contribution in [2.75, 3.05) is 0 Å². The van der Waals surface area contributed by atoms with Crippen molar-refractivity contribution in [3.8, 4) is 0 Å². The quantitative estimate of drug-likeness (QED) is 0.872. The molecule has 2 rings (SSSR count). The molecule has 0 unspecified atom stereocenters. The number of carboxylic acids is 1. The second kappa shape index (κ2) is 5.49. The van der Waals surface area contributed by atoms with E-state index >= 15 is 0 Å². The summed E-state index contributed by atoms with van der Waals surface area (Å²) in [5.41, 5.74) is 1.28.